The van der Waals surface area contributed by atoms with Gasteiger partial charge in [0, 0.05) is 6.54 Å². The molecule has 1 aromatic carbocycles. The number of likely N-dealkylation sites (tertiary alicyclic amines) is 1. The summed E-state index contributed by atoms with van der Waals surface area (Å²) in [6, 6.07) is 5.96. The van der Waals surface area contributed by atoms with Gasteiger partial charge in [0.05, 0.1) is 24.8 Å². The first-order valence-electron chi connectivity index (χ1n) is 9.05. The van der Waals surface area contributed by atoms with Crippen LogP contribution in [0.25, 0.3) is 0 Å². The maximum atomic E-state index is 13.7. The Hall–Kier alpha value is -2.07. The largest absolute Gasteiger partial charge is 0.461 e. The van der Waals surface area contributed by atoms with Crippen LogP contribution in [0.3, 0.4) is 0 Å². The lowest BCUT2D eigenvalue weighted by Gasteiger charge is -2.35. The molecule has 1 fully saturated rings. The Labute approximate surface area is 165 Å². The van der Waals surface area contributed by atoms with E-state index in [4.69, 9.17) is 10.5 Å². The topological polar surface area (TPSA) is 72.6 Å². The molecule has 5 nitrogen and oxygen atoms in total. The van der Waals surface area contributed by atoms with E-state index in [-0.39, 0.29) is 19.6 Å². The number of carbonyl (C=O) groups is 2. The smallest absolute Gasteiger partial charge is 0.372 e. The van der Waals surface area contributed by atoms with Gasteiger partial charge in [0.15, 0.2) is 0 Å². The molecule has 2 N–H and O–H groups in total. The Balaban J connectivity index is 2.22. The van der Waals surface area contributed by atoms with Crippen molar-refractivity contribution in [1.82, 2.24) is 4.90 Å². The van der Waals surface area contributed by atoms with Gasteiger partial charge in [0.2, 0.25) is 11.7 Å². The predicted octanol–water partition coefficient (Wildman–Crippen LogP) is 2.92. The van der Waals surface area contributed by atoms with E-state index in [0.717, 1.165) is 10.5 Å². The first kappa shape index (κ1) is 23.2. The molecule has 0 spiro atoms. The number of ether oxygens (including phenoxy) is 1. The fourth-order valence-electron chi connectivity index (χ4n) is 3.48. The molecule has 162 valence electrons. The summed E-state index contributed by atoms with van der Waals surface area (Å²) in [5, 5.41) is 0. The maximum Gasteiger partial charge on any atom is 0.461 e. The minimum absolute atomic E-state index is 0.00371. The van der Waals surface area contributed by atoms with Crippen molar-refractivity contribution in [2.24, 2.45) is 11.7 Å². The van der Waals surface area contributed by atoms with Crippen LogP contribution in [-0.2, 0) is 20.9 Å². The van der Waals surface area contributed by atoms with Crippen LogP contribution in [0.5, 0.6) is 0 Å². The molecule has 0 radical (unpaired) electrons. The molecule has 10 heteroatoms. The van der Waals surface area contributed by atoms with E-state index in [9.17, 15) is 31.5 Å². The second-order valence-corrected chi connectivity index (χ2v) is 7.39. The minimum atomic E-state index is -6.03. The first-order valence-corrected chi connectivity index (χ1v) is 9.05. The number of Topliss-reactive ketones (excluding diaryl/α,β-unsaturated/α-hetero) is 1. The van der Waals surface area contributed by atoms with Crippen molar-refractivity contribution in [2.75, 3.05) is 6.54 Å². The molecule has 3 atom stereocenters. The molecule has 1 heterocycles. The minimum Gasteiger partial charge on any atom is -0.372 e. The third-order valence-electron chi connectivity index (χ3n) is 4.88. The fourth-order valence-corrected chi connectivity index (χ4v) is 3.48. The van der Waals surface area contributed by atoms with Gasteiger partial charge in [0.1, 0.15) is 0 Å². The van der Waals surface area contributed by atoms with Crippen LogP contribution in [0.2, 0.25) is 0 Å². The van der Waals surface area contributed by atoms with Crippen LogP contribution < -0.4 is 5.73 Å². The molecule has 1 aliphatic rings. The van der Waals surface area contributed by atoms with E-state index in [1.807, 2.05) is 6.07 Å². The Morgan fingerprint density at radius 1 is 1.17 bits per heavy atom. The molecule has 29 heavy (non-hydrogen) atoms. The average molecular weight is 422 g/mol. The van der Waals surface area contributed by atoms with Crippen molar-refractivity contribution in [2.45, 2.75) is 57.2 Å². The molecule has 0 saturated carbocycles. The number of alkyl halides is 5. The number of hydrogen-bond donors (Lipinski definition) is 1. The summed E-state index contributed by atoms with van der Waals surface area (Å²) in [5.41, 5.74) is 6.15. The highest BCUT2D eigenvalue weighted by Crippen LogP contribution is 2.40. The van der Waals surface area contributed by atoms with E-state index in [1.54, 1.807) is 24.3 Å². The van der Waals surface area contributed by atoms with Gasteiger partial charge >= 0.3 is 12.1 Å². The normalized spacial score (nSPS) is 22.1. The highest BCUT2D eigenvalue weighted by Gasteiger charge is 2.65. The summed E-state index contributed by atoms with van der Waals surface area (Å²) in [4.78, 5) is 25.0. The number of primary amides is 1. The van der Waals surface area contributed by atoms with Crippen LogP contribution in [-0.4, -0.2) is 53.4 Å². The summed E-state index contributed by atoms with van der Waals surface area (Å²) in [6.45, 7) is 2.67. The fraction of sp³-hybridized carbons (Fsp3) is 0.579. The van der Waals surface area contributed by atoms with E-state index >= 15 is 0 Å². The number of ketones is 1. The lowest BCUT2D eigenvalue weighted by molar-refractivity contribution is -0.271. The molecule has 1 saturated heterocycles. The highest BCUT2D eigenvalue weighted by molar-refractivity contribution is 5.92. The van der Waals surface area contributed by atoms with Gasteiger partial charge in [-0.2, -0.15) is 22.0 Å². The number of hydrogen-bond acceptors (Lipinski definition) is 4. The molecular weight excluding hydrogens is 399 g/mol. The summed E-state index contributed by atoms with van der Waals surface area (Å²) in [7, 11) is 0. The van der Waals surface area contributed by atoms with Crippen LogP contribution in [0.15, 0.2) is 30.3 Å². The molecule has 1 aliphatic heterocycles. The second-order valence-electron chi connectivity index (χ2n) is 7.39. The van der Waals surface area contributed by atoms with Gasteiger partial charge in [-0.25, -0.2) is 0 Å². The molecule has 0 aliphatic carbocycles. The maximum absolute atomic E-state index is 13.7. The predicted molar refractivity (Wildman–Crippen MR) is 94.0 cm³/mol. The van der Waals surface area contributed by atoms with Crippen LogP contribution in [0.1, 0.15) is 25.8 Å². The third kappa shape index (κ3) is 5.11. The van der Waals surface area contributed by atoms with Gasteiger partial charge in [0.25, 0.3) is 0 Å². The number of halogens is 5. The molecular formula is C19H23F5N2O3. The van der Waals surface area contributed by atoms with Gasteiger partial charge in [-0.05, 0) is 17.9 Å². The zero-order valence-corrected chi connectivity index (χ0v) is 16.0. The first-order chi connectivity index (χ1) is 13.4. The Bertz CT molecular complexity index is 724. The molecule has 1 amide bonds. The number of carbonyl (C=O) groups excluding carboxylic acids is 2. The monoisotopic (exact) mass is 422 g/mol. The average Bonchev–Trinajstić information content (AvgIpc) is 3.03. The Morgan fingerprint density at radius 2 is 1.76 bits per heavy atom. The zero-order chi connectivity index (χ0) is 22.0. The summed E-state index contributed by atoms with van der Waals surface area (Å²) in [6.07, 6.45) is -6.68. The number of nitrogens with two attached hydrogens (primary N) is 1. The Morgan fingerprint density at radius 3 is 2.24 bits per heavy atom. The van der Waals surface area contributed by atoms with E-state index < -0.39 is 47.9 Å². The standard InChI is InChI=1S/C19H23F5N2O3/c1-11(2)15(16(27)18(20,21)19(22,23)24)26-9-13(8-14(26)17(25)28)29-10-12-6-4-3-5-7-12/h3-7,11,13-15H,8-10H2,1-2H3,(H2,25,28)/t13-,14+,15?/m1/s1. The van der Waals surface area contributed by atoms with Gasteiger partial charge in [-0.3, -0.25) is 14.5 Å². The molecule has 1 aromatic rings. The summed E-state index contributed by atoms with van der Waals surface area (Å²) in [5.74, 6) is -9.65. The molecule has 0 aromatic heterocycles. The number of nitrogens with zero attached hydrogens (tertiary/aromatic N) is 1. The molecule has 0 bridgehead atoms. The van der Waals surface area contributed by atoms with Crippen molar-refractivity contribution < 1.29 is 36.3 Å². The Kier molecular flexibility index (Phi) is 7.00. The van der Waals surface area contributed by atoms with Crippen molar-refractivity contribution in [1.29, 1.82) is 0 Å². The number of benzene rings is 1. The van der Waals surface area contributed by atoms with Gasteiger partial charge in [-0.1, -0.05) is 44.2 Å². The van der Waals surface area contributed by atoms with Crippen LogP contribution in [0.4, 0.5) is 22.0 Å². The van der Waals surface area contributed by atoms with Crippen molar-refractivity contribution in [3.63, 3.8) is 0 Å². The van der Waals surface area contributed by atoms with E-state index in [0.29, 0.717) is 0 Å². The van der Waals surface area contributed by atoms with Crippen molar-refractivity contribution >= 4 is 11.7 Å². The van der Waals surface area contributed by atoms with Crippen molar-refractivity contribution in [3.05, 3.63) is 35.9 Å². The van der Waals surface area contributed by atoms with Crippen molar-refractivity contribution in [3.8, 4) is 0 Å². The third-order valence-corrected chi connectivity index (χ3v) is 4.88. The zero-order valence-electron chi connectivity index (χ0n) is 16.0. The van der Waals surface area contributed by atoms with Gasteiger partial charge < -0.3 is 10.5 Å². The highest BCUT2D eigenvalue weighted by atomic mass is 19.4. The van der Waals surface area contributed by atoms with E-state index in [2.05, 4.69) is 0 Å². The summed E-state index contributed by atoms with van der Waals surface area (Å²) >= 11 is 0. The van der Waals surface area contributed by atoms with Gasteiger partial charge in [-0.15, -0.1) is 0 Å². The number of rotatable bonds is 8. The summed E-state index contributed by atoms with van der Waals surface area (Å²) < 4.78 is 71.3. The lowest BCUT2D eigenvalue weighted by Crippen LogP contribution is -2.58. The van der Waals surface area contributed by atoms with Crippen LogP contribution in [0, 0.1) is 5.92 Å². The second kappa shape index (κ2) is 8.74. The number of amides is 1. The lowest BCUT2D eigenvalue weighted by atomic mass is 9.93. The van der Waals surface area contributed by atoms with Crippen LogP contribution >= 0.6 is 0 Å². The van der Waals surface area contributed by atoms with E-state index in [1.165, 1.54) is 13.8 Å². The molecule has 1 unspecified atom stereocenters. The SMILES string of the molecule is CC(C)C(C(=O)C(F)(F)C(F)(F)F)N1C[C@H](OCc2ccccc2)C[C@H]1C(N)=O. The quantitative estimate of drug-likeness (QED) is 0.654. The molecule has 2 rings (SSSR count).